The molecule has 0 saturated carbocycles. The van der Waals surface area contributed by atoms with E-state index in [9.17, 15) is 17.6 Å². The Kier molecular flexibility index (Phi) is 10.1. The zero-order valence-electron chi connectivity index (χ0n) is 21.3. The molecule has 1 aromatic carbocycles. The smallest absolute Gasteiger partial charge is 0.312 e. The molecular weight excluding hydrogens is 515 g/mol. The summed E-state index contributed by atoms with van der Waals surface area (Å²) < 4.78 is 45.6. The molecule has 3 aromatic rings. The highest BCUT2D eigenvalue weighted by molar-refractivity contribution is 7.92. The number of nitrogens with one attached hydrogen (secondary N) is 2. The third-order valence-corrected chi connectivity index (χ3v) is 7.97. The van der Waals surface area contributed by atoms with Crippen LogP contribution in [0.2, 0.25) is 0 Å². The minimum absolute atomic E-state index is 0.193. The third kappa shape index (κ3) is 8.31. The Morgan fingerprint density at radius 3 is 2.57 bits per heavy atom. The van der Waals surface area contributed by atoms with E-state index in [2.05, 4.69) is 26.1 Å². The Hall–Kier alpha value is -2.89. The molecule has 0 aliphatic carbocycles. The van der Waals surface area contributed by atoms with Crippen LogP contribution in [0, 0.1) is 11.4 Å². The summed E-state index contributed by atoms with van der Waals surface area (Å²) in [5, 5.41) is 4.93. The summed E-state index contributed by atoms with van der Waals surface area (Å²) in [4.78, 5) is 19.6. The lowest BCUT2D eigenvalue weighted by molar-refractivity contribution is -0.150. The van der Waals surface area contributed by atoms with Gasteiger partial charge in [0.25, 0.3) is 10.0 Å². The van der Waals surface area contributed by atoms with Crippen LogP contribution < -0.4 is 10.0 Å². The zero-order valence-corrected chi connectivity index (χ0v) is 22.9. The van der Waals surface area contributed by atoms with Crippen LogP contribution in [-0.2, 0) is 26.0 Å². The number of sulfonamides is 1. The molecule has 3 rings (SSSR count). The van der Waals surface area contributed by atoms with Crippen molar-refractivity contribution in [3.8, 4) is 11.3 Å². The van der Waals surface area contributed by atoms with Gasteiger partial charge in [0.1, 0.15) is 0 Å². The van der Waals surface area contributed by atoms with Gasteiger partial charge in [0.2, 0.25) is 5.95 Å². The number of carbonyl (C=O) groups excluding carboxylic acids is 1. The van der Waals surface area contributed by atoms with Gasteiger partial charge in [-0.1, -0.05) is 43.2 Å². The van der Waals surface area contributed by atoms with Gasteiger partial charge in [-0.15, -0.1) is 11.3 Å². The number of esters is 1. The quantitative estimate of drug-likeness (QED) is 0.165. The number of aromatic nitrogens is 2. The topological polar surface area (TPSA) is 110 Å². The molecule has 0 fully saturated rings. The van der Waals surface area contributed by atoms with Gasteiger partial charge in [0.15, 0.2) is 10.2 Å². The summed E-state index contributed by atoms with van der Waals surface area (Å²) in [7, 11) is -2.63. The first-order chi connectivity index (χ1) is 17.6. The van der Waals surface area contributed by atoms with E-state index in [0.717, 1.165) is 67.2 Å². The lowest BCUT2D eigenvalue weighted by Gasteiger charge is -2.21. The first kappa shape index (κ1) is 28.7. The van der Waals surface area contributed by atoms with Crippen molar-refractivity contribution in [2.75, 3.05) is 24.9 Å². The van der Waals surface area contributed by atoms with Crippen LogP contribution in [0.1, 0.15) is 45.1 Å². The number of aryl methyl sites for hydroxylation is 1. The third-order valence-electron chi connectivity index (χ3n) is 5.84. The SMILES string of the molecule is COC(=O)C(C)(C)CNCCCCCCc1ccccc1-c1csc(NS(=O)(=O)c2cccc(F)n2)n1. The van der Waals surface area contributed by atoms with Crippen molar-refractivity contribution in [1.29, 1.82) is 0 Å². The van der Waals surface area contributed by atoms with E-state index in [1.807, 2.05) is 32.0 Å². The number of rotatable bonds is 14. The van der Waals surface area contributed by atoms with E-state index >= 15 is 0 Å². The number of hydrogen-bond acceptors (Lipinski definition) is 8. The molecule has 0 atom stereocenters. The first-order valence-corrected chi connectivity index (χ1v) is 14.5. The van der Waals surface area contributed by atoms with Gasteiger partial charge in [-0.25, -0.2) is 9.97 Å². The van der Waals surface area contributed by atoms with Gasteiger partial charge in [-0.2, -0.15) is 12.8 Å². The van der Waals surface area contributed by atoms with Crippen molar-refractivity contribution in [1.82, 2.24) is 15.3 Å². The molecule has 2 N–H and O–H groups in total. The minimum Gasteiger partial charge on any atom is -0.469 e. The number of carbonyl (C=O) groups is 1. The van der Waals surface area contributed by atoms with Crippen LogP contribution in [0.3, 0.4) is 0 Å². The van der Waals surface area contributed by atoms with Crippen LogP contribution in [0.25, 0.3) is 11.3 Å². The van der Waals surface area contributed by atoms with Crippen LogP contribution in [0.4, 0.5) is 9.52 Å². The molecule has 0 aliphatic rings. The highest BCUT2D eigenvalue weighted by Crippen LogP contribution is 2.29. The molecule has 0 unspecified atom stereocenters. The molecule has 0 radical (unpaired) electrons. The van der Waals surface area contributed by atoms with Crippen molar-refractivity contribution in [3.05, 3.63) is 59.4 Å². The monoisotopic (exact) mass is 548 g/mol. The van der Waals surface area contributed by atoms with Gasteiger partial charge in [0.05, 0.1) is 18.2 Å². The summed E-state index contributed by atoms with van der Waals surface area (Å²) in [5.74, 6) is -1.08. The highest BCUT2D eigenvalue weighted by atomic mass is 32.2. The van der Waals surface area contributed by atoms with E-state index in [1.165, 1.54) is 19.2 Å². The van der Waals surface area contributed by atoms with Gasteiger partial charge in [-0.3, -0.25) is 9.52 Å². The molecule has 8 nitrogen and oxygen atoms in total. The van der Waals surface area contributed by atoms with Crippen molar-refractivity contribution in [2.24, 2.45) is 5.41 Å². The number of unbranched alkanes of at least 4 members (excludes halogenated alkanes) is 3. The maximum Gasteiger partial charge on any atom is 0.312 e. The Morgan fingerprint density at radius 2 is 1.81 bits per heavy atom. The fraction of sp³-hybridized carbons (Fsp3) is 0.423. The molecule has 0 amide bonds. The molecule has 0 aliphatic heterocycles. The fourth-order valence-electron chi connectivity index (χ4n) is 3.81. The molecule has 0 saturated heterocycles. The normalized spacial score (nSPS) is 11.9. The number of methoxy groups -OCH3 is 1. The number of benzene rings is 1. The summed E-state index contributed by atoms with van der Waals surface area (Å²) in [6.07, 6.45) is 5.06. The Labute approximate surface area is 221 Å². The van der Waals surface area contributed by atoms with Gasteiger partial charge >= 0.3 is 5.97 Å². The minimum atomic E-state index is -4.04. The molecule has 2 heterocycles. The number of anilines is 1. The summed E-state index contributed by atoms with van der Waals surface area (Å²) in [6.45, 7) is 5.16. The summed E-state index contributed by atoms with van der Waals surface area (Å²) in [6, 6.07) is 11.6. The van der Waals surface area contributed by atoms with Crippen molar-refractivity contribution < 1.29 is 22.3 Å². The molecule has 0 spiro atoms. The number of pyridine rings is 1. The van der Waals surface area contributed by atoms with Gasteiger partial charge in [-0.05, 0) is 57.4 Å². The second-order valence-corrected chi connectivity index (χ2v) is 11.8. The highest BCUT2D eigenvalue weighted by Gasteiger charge is 2.27. The number of thiazole rings is 1. The first-order valence-electron chi connectivity index (χ1n) is 12.1. The Morgan fingerprint density at radius 1 is 1.05 bits per heavy atom. The maximum absolute atomic E-state index is 13.4. The van der Waals surface area contributed by atoms with Crippen molar-refractivity contribution in [2.45, 2.75) is 51.0 Å². The lowest BCUT2D eigenvalue weighted by atomic mass is 9.94. The lowest BCUT2D eigenvalue weighted by Crippen LogP contribution is -2.37. The summed E-state index contributed by atoms with van der Waals surface area (Å²) >= 11 is 1.16. The van der Waals surface area contributed by atoms with Crippen molar-refractivity contribution in [3.63, 3.8) is 0 Å². The molecule has 2 aromatic heterocycles. The molecule has 11 heteroatoms. The number of ether oxygens (including phenoxy) is 1. The average molecular weight is 549 g/mol. The zero-order chi connectivity index (χ0) is 26.9. The number of halogens is 1. The molecule has 37 heavy (non-hydrogen) atoms. The van der Waals surface area contributed by atoms with Crippen molar-refractivity contribution >= 4 is 32.5 Å². The number of hydrogen-bond donors (Lipinski definition) is 2. The largest absolute Gasteiger partial charge is 0.469 e. The van der Waals surface area contributed by atoms with Crippen LogP contribution in [-0.4, -0.2) is 44.6 Å². The second-order valence-electron chi connectivity index (χ2n) is 9.32. The molecule has 0 bridgehead atoms. The standard InChI is InChI=1S/C26H33FN4O4S2/c1-26(2,24(32)35-3)18-28-16-9-5-4-6-11-19-12-7-8-13-20(19)21-17-36-25(29-21)31-37(33,34)23-15-10-14-22(27)30-23/h7-8,10,12-15,17,28H,4-6,9,11,16,18H2,1-3H3,(H,29,31). The van der Waals surface area contributed by atoms with Gasteiger partial charge < -0.3 is 10.1 Å². The van der Waals surface area contributed by atoms with Gasteiger partial charge in [0, 0.05) is 17.5 Å². The molecular formula is C26H33FN4O4S2. The van der Waals surface area contributed by atoms with Crippen LogP contribution in [0.5, 0.6) is 0 Å². The Bertz CT molecular complexity index is 1290. The maximum atomic E-state index is 13.4. The predicted octanol–water partition coefficient (Wildman–Crippen LogP) is 5.04. The summed E-state index contributed by atoms with van der Waals surface area (Å²) in [5.41, 5.74) is 2.25. The Balaban J connectivity index is 1.49. The van der Waals surface area contributed by atoms with E-state index in [1.54, 1.807) is 5.38 Å². The van der Waals surface area contributed by atoms with E-state index < -0.39 is 26.4 Å². The van der Waals surface area contributed by atoms with Crippen LogP contribution >= 0.6 is 11.3 Å². The van der Waals surface area contributed by atoms with E-state index in [4.69, 9.17) is 4.74 Å². The second kappa shape index (κ2) is 13.1. The predicted molar refractivity (Wildman–Crippen MR) is 143 cm³/mol. The van der Waals surface area contributed by atoms with E-state index in [0.29, 0.717) is 12.2 Å². The van der Waals surface area contributed by atoms with E-state index in [-0.39, 0.29) is 11.1 Å². The fourth-order valence-corrected chi connectivity index (χ4v) is 5.73. The molecule has 200 valence electrons. The average Bonchev–Trinajstić information content (AvgIpc) is 3.32. The number of nitrogens with zero attached hydrogens (tertiary/aromatic N) is 2. The van der Waals surface area contributed by atoms with Crippen LogP contribution in [0.15, 0.2) is 52.9 Å².